The van der Waals surface area contributed by atoms with E-state index in [0.717, 1.165) is 17.1 Å². The molecule has 0 fully saturated rings. The van der Waals surface area contributed by atoms with Crippen LogP contribution in [0.4, 0.5) is 10.2 Å². The molecule has 0 atom stereocenters. The number of pyridine rings is 1. The second-order valence-electron chi connectivity index (χ2n) is 6.19. The lowest BCUT2D eigenvalue weighted by Crippen LogP contribution is -2.23. The first-order valence-electron chi connectivity index (χ1n) is 9.13. The van der Waals surface area contributed by atoms with Crippen molar-refractivity contribution in [1.29, 1.82) is 0 Å². The Balaban J connectivity index is 1.45. The molecule has 1 amide bonds. The zero-order chi connectivity index (χ0) is 20.5. The number of halogens is 1. The van der Waals surface area contributed by atoms with Crippen molar-refractivity contribution < 1.29 is 18.7 Å². The summed E-state index contributed by atoms with van der Waals surface area (Å²) in [6.07, 6.45) is 1.57. The van der Waals surface area contributed by atoms with Crippen LogP contribution in [0.25, 0.3) is 0 Å². The maximum absolute atomic E-state index is 12.9. The fourth-order valence-corrected chi connectivity index (χ4v) is 2.58. The third-order valence-electron chi connectivity index (χ3n) is 4.12. The lowest BCUT2D eigenvalue weighted by atomic mass is 10.2. The van der Waals surface area contributed by atoms with Crippen LogP contribution in [0.15, 0.2) is 66.9 Å². The molecule has 0 spiro atoms. The first-order valence-corrected chi connectivity index (χ1v) is 9.13. The van der Waals surface area contributed by atoms with E-state index in [2.05, 4.69) is 15.6 Å². The monoisotopic (exact) mass is 395 g/mol. The number of aromatic nitrogens is 1. The minimum Gasteiger partial charge on any atom is -0.497 e. The predicted molar refractivity (Wildman–Crippen MR) is 109 cm³/mol. The van der Waals surface area contributed by atoms with E-state index in [-0.39, 0.29) is 11.7 Å². The molecule has 0 unspecified atom stereocenters. The molecule has 0 bridgehead atoms. The summed E-state index contributed by atoms with van der Waals surface area (Å²) in [7, 11) is 1.62. The van der Waals surface area contributed by atoms with Gasteiger partial charge in [0, 0.05) is 18.3 Å². The number of carbonyl (C=O) groups excluding carboxylic acids is 1. The Morgan fingerprint density at radius 3 is 2.48 bits per heavy atom. The van der Waals surface area contributed by atoms with Crippen LogP contribution in [0.2, 0.25) is 0 Å². The molecule has 2 N–H and O–H groups in total. The summed E-state index contributed by atoms with van der Waals surface area (Å²) < 4.78 is 23.7. The maximum Gasteiger partial charge on any atom is 0.251 e. The standard InChI is InChI=1S/C22H22FN3O3/c1-28-19-6-8-20(9-7-19)29-13-12-25-21-14-17(10-11-24-21)22(27)26-15-16-2-4-18(23)5-3-16/h2-11,14H,12-13,15H2,1H3,(H,24,25)(H,26,27). The molecule has 29 heavy (non-hydrogen) atoms. The first kappa shape index (κ1) is 20.1. The molecule has 2 aromatic carbocycles. The number of carbonyl (C=O) groups is 1. The zero-order valence-electron chi connectivity index (χ0n) is 16.0. The largest absolute Gasteiger partial charge is 0.497 e. The molecule has 1 aromatic heterocycles. The van der Waals surface area contributed by atoms with E-state index >= 15 is 0 Å². The minimum absolute atomic E-state index is 0.228. The zero-order valence-corrected chi connectivity index (χ0v) is 16.0. The summed E-state index contributed by atoms with van der Waals surface area (Å²) >= 11 is 0. The summed E-state index contributed by atoms with van der Waals surface area (Å²) in [5, 5.41) is 5.94. The van der Waals surface area contributed by atoms with Crippen LogP contribution < -0.4 is 20.1 Å². The van der Waals surface area contributed by atoms with E-state index in [1.807, 2.05) is 24.3 Å². The Kier molecular flexibility index (Phi) is 7.00. The van der Waals surface area contributed by atoms with Gasteiger partial charge in [-0.2, -0.15) is 0 Å². The fourth-order valence-electron chi connectivity index (χ4n) is 2.58. The number of benzene rings is 2. The maximum atomic E-state index is 12.9. The summed E-state index contributed by atoms with van der Waals surface area (Å²) in [6.45, 7) is 1.29. The van der Waals surface area contributed by atoms with Gasteiger partial charge in [-0.05, 0) is 54.1 Å². The molecule has 0 saturated heterocycles. The van der Waals surface area contributed by atoms with Crippen LogP contribution in [0.1, 0.15) is 15.9 Å². The molecule has 3 aromatic rings. The lowest BCUT2D eigenvalue weighted by Gasteiger charge is -2.10. The topological polar surface area (TPSA) is 72.5 Å². The molecule has 6 nitrogen and oxygen atoms in total. The Labute approximate surface area is 168 Å². The second kappa shape index (κ2) is 10.1. The van der Waals surface area contributed by atoms with Gasteiger partial charge in [-0.25, -0.2) is 9.37 Å². The van der Waals surface area contributed by atoms with Crippen LogP contribution in [0.5, 0.6) is 11.5 Å². The second-order valence-corrected chi connectivity index (χ2v) is 6.19. The Hall–Kier alpha value is -3.61. The highest BCUT2D eigenvalue weighted by Crippen LogP contribution is 2.16. The molecule has 0 aliphatic heterocycles. The van der Waals surface area contributed by atoms with Gasteiger partial charge in [0.2, 0.25) is 0 Å². The first-order chi connectivity index (χ1) is 14.1. The molecule has 0 radical (unpaired) electrons. The highest BCUT2D eigenvalue weighted by Gasteiger charge is 2.07. The van der Waals surface area contributed by atoms with E-state index < -0.39 is 0 Å². The Morgan fingerprint density at radius 1 is 1.03 bits per heavy atom. The SMILES string of the molecule is COc1ccc(OCCNc2cc(C(=O)NCc3ccc(F)cc3)ccn2)cc1. The van der Waals surface area contributed by atoms with Crippen LogP contribution in [0, 0.1) is 5.82 Å². The smallest absolute Gasteiger partial charge is 0.251 e. The number of hydrogen-bond donors (Lipinski definition) is 2. The average molecular weight is 395 g/mol. The van der Waals surface area contributed by atoms with Crippen molar-refractivity contribution in [3.05, 3.63) is 83.8 Å². The van der Waals surface area contributed by atoms with Gasteiger partial charge in [0.15, 0.2) is 0 Å². The molecule has 150 valence electrons. The highest BCUT2D eigenvalue weighted by molar-refractivity contribution is 5.94. The Bertz CT molecular complexity index is 931. The van der Waals surface area contributed by atoms with Crippen molar-refractivity contribution in [1.82, 2.24) is 10.3 Å². The van der Waals surface area contributed by atoms with Gasteiger partial charge < -0.3 is 20.1 Å². The van der Waals surface area contributed by atoms with Gasteiger partial charge in [0.25, 0.3) is 5.91 Å². The van der Waals surface area contributed by atoms with Gasteiger partial charge in [0.05, 0.1) is 13.7 Å². The van der Waals surface area contributed by atoms with Crippen molar-refractivity contribution in [3.8, 4) is 11.5 Å². The minimum atomic E-state index is -0.305. The Morgan fingerprint density at radius 2 is 1.76 bits per heavy atom. The van der Waals surface area contributed by atoms with Crippen LogP contribution in [0.3, 0.4) is 0 Å². The molecule has 0 aliphatic carbocycles. The molecule has 0 aliphatic rings. The van der Waals surface area contributed by atoms with Gasteiger partial charge in [0.1, 0.15) is 29.7 Å². The number of hydrogen-bond acceptors (Lipinski definition) is 5. The molecule has 0 saturated carbocycles. The van der Waals surface area contributed by atoms with Crippen LogP contribution in [-0.2, 0) is 6.54 Å². The normalized spacial score (nSPS) is 10.3. The van der Waals surface area contributed by atoms with Gasteiger partial charge in [-0.1, -0.05) is 12.1 Å². The molecular formula is C22H22FN3O3. The van der Waals surface area contributed by atoms with E-state index in [1.165, 1.54) is 12.1 Å². The predicted octanol–water partition coefficient (Wildman–Crippen LogP) is 3.65. The van der Waals surface area contributed by atoms with Crippen molar-refractivity contribution in [2.45, 2.75) is 6.54 Å². The number of ether oxygens (including phenoxy) is 2. The summed E-state index contributed by atoms with van der Waals surface area (Å²) in [5.41, 5.74) is 1.31. The lowest BCUT2D eigenvalue weighted by molar-refractivity contribution is 0.0951. The number of amides is 1. The molecular weight excluding hydrogens is 373 g/mol. The average Bonchev–Trinajstić information content (AvgIpc) is 2.77. The van der Waals surface area contributed by atoms with Crippen molar-refractivity contribution in [2.75, 3.05) is 25.6 Å². The highest BCUT2D eigenvalue weighted by atomic mass is 19.1. The van der Waals surface area contributed by atoms with Gasteiger partial charge in [-0.3, -0.25) is 4.79 Å². The third-order valence-corrected chi connectivity index (χ3v) is 4.12. The van der Waals surface area contributed by atoms with Crippen molar-refractivity contribution >= 4 is 11.7 Å². The number of nitrogens with one attached hydrogen (secondary N) is 2. The number of rotatable bonds is 9. The summed E-state index contributed by atoms with van der Waals surface area (Å²) in [5.74, 6) is 1.57. The van der Waals surface area contributed by atoms with E-state index in [9.17, 15) is 9.18 Å². The molecule has 1 heterocycles. The van der Waals surface area contributed by atoms with Gasteiger partial charge in [-0.15, -0.1) is 0 Å². The quantitative estimate of drug-likeness (QED) is 0.541. The van der Waals surface area contributed by atoms with E-state index in [1.54, 1.807) is 37.6 Å². The fraction of sp³-hybridized carbons (Fsp3) is 0.182. The van der Waals surface area contributed by atoms with E-state index in [0.29, 0.717) is 31.1 Å². The van der Waals surface area contributed by atoms with Crippen LogP contribution >= 0.6 is 0 Å². The molecule has 3 rings (SSSR count). The van der Waals surface area contributed by atoms with Crippen LogP contribution in [-0.4, -0.2) is 31.2 Å². The summed E-state index contributed by atoms with van der Waals surface area (Å²) in [4.78, 5) is 16.5. The van der Waals surface area contributed by atoms with Gasteiger partial charge >= 0.3 is 0 Å². The summed E-state index contributed by atoms with van der Waals surface area (Å²) in [6, 6.07) is 16.7. The van der Waals surface area contributed by atoms with E-state index in [4.69, 9.17) is 9.47 Å². The van der Waals surface area contributed by atoms with Crippen molar-refractivity contribution in [3.63, 3.8) is 0 Å². The third kappa shape index (κ3) is 6.21. The number of anilines is 1. The molecule has 7 heteroatoms. The van der Waals surface area contributed by atoms with Crippen molar-refractivity contribution in [2.24, 2.45) is 0 Å². The number of nitrogens with zero attached hydrogens (tertiary/aromatic N) is 1. The number of methoxy groups -OCH3 is 1.